The van der Waals surface area contributed by atoms with Crippen LogP contribution >= 0.6 is 0 Å². The number of benzene rings is 1. The van der Waals surface area contributed by atoms with Gasteiger partial charge in [0.15, 0.2) is 0 Å². The second-order valence-corrected chi connectivity index (χ2v) is 15.4. The van der Waals surface area contributed by atoms with Crippen molar-refractivity contribution >= 4 is 23.9 Å². The maximum absolute atomic E-state index is 14.0. The predicted molar refractivity (Wildman–Crippen MR) is 171 cm³/mol. The van der Waals surface area contributed by atoms with Crippen LogP contribution in [0.15, 0.2) is 12.1 Å². The molecule has 2 heterocycles. The first-order chi connectivity index (χ1) is 22.1. The van der Waals surface area contributed by atoms with Crippen molar-refractivity contribution in [3.05, 3.63) is 23.3 Å². The summed E-state index contributed by atoms with van der Waals surface area (Å²) in [6, 6.07) is 3.48. The summed E-state index contributed by atoms with van der Waals surface area (Å²) < 4.78 is 17.5. The molecule has 4 fully saturated rings. The summed E-state index contributed by atoms with van der Waals surface area (Å²) in [5.41, 5.74) is -1.20. The van der Waals surface area contributed by atoms with E-state index in [0.29, 0.717) is 45.1 Å². The standard InChI is InChI=1S/C35H48N4O8/c1-33(2,3)47-32(44)39-23-8-9-24(39)28(27(23)30(41)37-19-34(4)12-7-13-34)38-29(40)22-17-25(20(18-36)16-26(22)45-6)46-21-10-14-35(5,15-11-21)31(42)43/h16-17,21,23-24,27-28H,7-15,19H2,1-6H3,(H,37,41)(H,38,40)(H,42,43)/t21-,23-,24+,27+,28-,35+/m0/s1. The molecule has 1 aromatic carbocycles. The lowest BCUT2D eigenvalue weighted by molar-refractivity contribution is -0.150. The molecule has 3 N–H and O–H groups in total. The normalized spacial score (nSPS) is 29.2. The topological polar surface area (TPSA) is 167 Å². The third kappa shape index (κ3) is 6.99. The Morgan fingerprint density at radius 3 is 2.23 bits per heavy atom. The lowest BCUT2D eigenvalue weighted by Crippen LogP contribution is -2.53. The Kier molecular flexibility index (Phi) is 9.41. The van der Waals surface area contributed by atoms with E-state index in [9.17, 15) is 29.5 Å². The minimum atomic E-state index is -0.841. The van der Waals surface area contributed by atoms with Crippen molar-refractivity contribution in [1.29, 1.82) is 5.26 Å². The molecule has 2 saturated heterocycles. The fraction of sp³-hybridized carbons (Fsp3) is 0.686. The van der Waals surface area contributed by atoms with Crippen LogP contribution in [0.2, 0.25) is 0 Å². The van der Waals surface area contributed by atoms with Crippen molar-refractivity contribution in [3.8, 4) is 17.6 Å². The third-order valence-corrected chi connectivity index (χ3v) is 10.7. The number of nitriles is 1. The van der Waals surface area contributed by atoms with Crippen LogP contribution in [0, 0.1) is 28.1 Å². The highest BCUT2D eigenvalue weighted by molar-refractivity contribution is 5.98. The summed E-state index contributed by atoms with van der Waals surface area (Å²) in [6.45, 7) is 9.78. The van der Waals surface area contributed by atoms with Crippen LogP contribution in [-0.2, 0) is 14.3 Å². The number of rotatable bonds is 9. The maximum Gasteiger partial charge on any atom is 0.410 e. The fourth-order valence-electron chi connectivity index (χ4n) is 7.59. The number of hydrogen-bond acceptors (Lipinski definition) is 8. The van der Waals surface area contributed by atoms with E-state index in [2.05, 4.69) is 23.6 Å². The minimum absolute atomic E-state index is 0.0493. The van der Waals surface area contributed by atoms with E-state index in [1.54, 1.807) is 32.6 Å². The molecule has 0 unspecified atom stereocenters. The molecular weight excluding hydrogens is 604 g/mol. The highest BCUT2D eigenvalue weighted by Gasteiger charge is 2.59. The smallest absolute Gasteiger partial charge is 0.410 e. The van der Waals surface area contributed by atoms with Crippen LogP contribution in [0.5, 0.6) is 11.5 Å². The molecule has 2 saturated carbocycles. The van der Waals surface area contributed by atoms with Gasteiger partial charge < -0.3 is 30.0 Å². The number of amides is 3. The molecule has 0 radical (unpaired) electrons. The Hall–Kier alpha value is -4.01. The molecule has 4 atom stereocenters. The van der Waals surface area contributed by atoms with Gasteiger partial charge in [0.05, 0.1) is 47.8 Å². The molecule has 1 aromatic rings. The zero-order valence-corrected chi connectivity index (χ0v) is 28.3. The molecule has 2 bridgehead atoms. The van der Waals surface area contributed by atoms with Crippen molar-refractivity contribution in [1.82, 2.24) is 15.5 Å². The summed E-state index contributed by atoms with van der Waals surface area (Å²) in [5, 5.41) is 25.7. The van der Waals surface area contributed by atoms with Crippen LogP contribution in [0.4, 0.5) is 4.79 Å². The minimum Gasteiger partial charge on any atom is -0.496 e. The van der Waals surface area contributed by atoms with Crippen LogP contribution in [0.1, 0.15) is 108 Å². The van der Waals surface area contributed by atoms with E-state index in [1.807, 2.05) is 0 Å². The number of fused-ring (bicyclic) bond motifs is 2. The Bertz CT molecular complexity index is 1450. The number of carboxylic acid groups (broad SMARTS) is 1. The first-order valence-electron chi connectivity index (χ1n) is 16.7. The molecule has 2 aliphatic heterocycles. The van der Waals surface area contributed by atoms with Crippen LogP contribution < -0.4 is 20.1 Å². The van der Waals surface area contributed by atoms with Gasteiger partial charge in [-0.05, 0) is 90.5 Å². The van der Waals surface area contributed by atoms with Gasteiger partial charge in [0.2, 0.25) is 5.91 Å². The Labute approximate surface area is 276 Å². The van der Waals surface area contributed by atoms with Gasteiger partial charge in [0.1, 0.15) is 23.2 Å². The van der Waals surface area contributed by atoms with Crippen molar-refractivity contribution < 1.29 is 38.5 Å². The molecular formula is C35H48N4O8. The summed E-state index contributed by atoms with van der Waals surface area (Å²) in [7, 11) is 1.40. The highest BCUT2D eigenvalue weighted by atomic mass is 16.6. The van der Waals surface area contributed by atoms with Gasteiger partial charge in [-0.1, -0.05) is 13.3 Å². The van der Waals surface area contributed by atoms with Crippen molar-refractivity contribution in [2.24, 2.45) is 16.7 Å². The van der Waals surface area contributed by atoms with E-state index >= 15 is 0 Å². The van der Waals surface area contributed by atoms with Crippen LogP contribution in [0.25, 0.3) is 0 Å². The number of carbonyl (C=O) groups excluding carboxylic acids is 3. The van der Waals surface area contributed by atoms with Crippen molar-refractivity contribution in [2.45, 2.75) is 122 Å². The summed E-state index contributed by atoms with van der Waals surface area (Å²) in [6.07, 6.45) is 5.43. The SMILES string of the molecule is COc1cc(C#N)c(O[C@H]2CC[C@@](C)(C(=O)O)CC2)cc1C(=O)N[C@@H]1[C@H](C(=O)NCC2(C)CCC2)[C@@H]2CC[C@H]1N2C(=O)OC(C)(C)C. The quantitative estimate of drug-likeness (QED) is 0.340. The predicted octanol–water partition coefficient (Wildman–Crippen LogP) is 4.78. The lowest BCUT2D eigenvalue weighted by atomic mass is 9.70. The first kappa shape index (κ1) is 34.3. The summed E-state index contributed by atoms with van der Waals surface area (Å²) >= 11 is 0. The lowest BCUT2D eigenvalue weighted by Gasteiger charge is -2.39. The Morgan fingerprint density at radius 2 is 1.68 bits per heavy atom. The average molecular weight is 653 g/mol. The summed E-state index contributed by atoms with van der Waals surface area (Å²) in [5.74, 6) is -1.88. The van der Waals surface area contributed by atoms with Crippen LogP contribution in [0.3, 0.4) is 0 Å². The van der Waals surface area contributed by atoms with Crippen LogP contribution in [-0.4, -0.2) is 77.4 Å². The van der Waals surface area contributed by atoms with Gasteiger partial charge in [0, 0.05) is 18.7 Å². The van der Waals surface area contributed by atoms with E-state index in [0.717, 1.165) is 19.3 Å². The molecule has 2 aliphatic carbocycles. The number of nitrogens with one attached hydrogen (secondary N) is 2. The summed E-state index contributed by atoms with van der Waals surface area (Å²) in [4.78, 5) is 54.6. The first-order valence-corrected chi connectivity index (χ1v) is 16.7. The fourth-order valence-corrected chi connectivity index (χ4v) is 7.59. The van der Waals surface area contributed by atoms with Crippen molar-refractivity contribution in [2.75, 3.05) is 13.7 Å². The molecule has 0 spiro atoms. The largest absolute Gasteiger partial charge is 0.496 e. The molecule has 256 valence electrons. The monoisotopic (exact) mass is 652 g/mol. The number of hydrogen-bond donors (Lipinski definition) is 3. The average Bonchev–Trinajstić information content (AvgIpc) is 3.56. The number of ether oxygens (including phenoxy) is 3. The highest BCUT2D eigenvalue weighted by Crippen LogP contribution is 2.45. The number of carboxylic acids is 1. The number of carbonyl (C=O) groups is 4. The van der Waals surface area contributed by atoms with Crippen molar-refractivity contribution in [3.63, 3.8) is 0 Å². The zero-order chi connectivity index (χ0) is 34.3. The molecule has 5 rings (SSSR count). The van der Waals surface area contributed by atoms with Gasteiger partial charge in [-0.25, -0.2) is 4.79 Å². The van der Waals surface area contributed by atoms with Gasteiger partial charge in [-0.15, -0.1) is 0 Å². The van der Waals surface area contributed by atoms with Gasteiger partial charge in [-0.3, -0.25) is 19.3 Å². The molecule has 4 aliphatic rings. The van der Waals surface area contributed by atoms with Gasteiger partial charge in [0.25, 0.3) is 5.91 Å². The zero-order valence-electron chi connectivity index (χ0n) is 28.3. The van der Waals surface area contributed by atoms with Gasteiger partial charge in [-0.2, -0.15) is 5.26 Å². The van der Waals surface area contributed by atoms with E-state index < -0.39 is 53.0 Å². The number of nitrogens with zero attached hydrogens (tertiary/aromatic N) is 2. The molecule has 47 heavy (non-hydrogen) atoms. The molecule has 12 heteroatoms. The number of methoxy groups -OCH3 is 1. The van der Waals surface area contributed by atoms with Gasteiger partial charge >= 0.3 is 12.1 Å². The Morgan fingerprint density at radius 1 is 1.02 bits per heavy atom. The maximum atomic E-state index is 14.0. The second-order valence-electron chi connectivity index (χ2n) is 15.4. The van der Waals surface area contributed by atoms with E-state index in [-0.39, 0.29) is 40.1 Å². The molecule has 3 amide bonds. The van der Waals surface area contributed by atoms with E-state index in [4.69, 9.17) is 14.2 Å². The second kappa shape index (κ2) is 12.9. The molecule has 0 aromatic heterocycles. The molecule has 12 nitrogen and oxygen atoms in total. The Balaban J connectivity index is 1.39. The third-order valence-electron chi connectivity index (χ3n) is 10.7. The van der Waals surface area contributed by atoms with E-state index in [1.165, 1.54) is 19.2 Å². The number of aliphatic carboxylic acids is 1.